The van der Waals surface area contributed by atoms with Gasteiger partial charge < -0.3 is 4.57 Å². The predicted octanol–water partition coefficient (Wildman–Crippen LogP) is 7.21. The van der Waals surface area contributed by atoms with E-state index in [2.05, 4.69) is 103 Å². The van der Waals surface area contributed by atoms with Gasteiger partial charge in [0.2, 0.25) is 0 Å². The molecular weight excluding hydrogens is 370 g/mol. The van der Waals surface area contributed by atoms with Gasteiger partial charge in [0.25, 0.3) is 0 Å². The van der Waals surface area contributed by atoms with E-state index in [0.717, 1.165) is 6.54 Å². The maximum Gasteiger partial charge on any atom is 0.0491 e. The fourth-order valence-corrected chi connectivity index (χ4v) is 6.60. The molecule has 1 aliphatic carbocycles. The molecule has 0 spiro atoms. The summed E-state index contributed by atoms with van der Waals surface area (Å²) in [6.45, 7) is 5.72. The van der Waals surface area contributed by atoms with E-state index in [1.165, 1.54) is 43.8 Å². The smallest absolute Gasteiger partial charge is 0.0491 e. The van der Waals surface area contributed by atoms with Gasteiger partial charge in [-0.05, 0) is 54.3 Å². The van der Waals surface area contributed by atoms with Crippen molar-refractivity contribution < 1.29 is 0 Å². The van der Waals surface area contributed by atoms with E-state index in [-0.39, 0.29) is 4.75 Å². The van der Waals surface area contributed by atoms with Gasteiger partial charge in [0.1, 0.15) is 0 Å². The van der Waals surface area contributed by atoms with Crippen molar-refractivity contribution in [3.05, 3.63) is 101 Å². The van der Waals surface area contributed by atoms with Crippen LogP contribution in [0.5, 0.6) is 0 Å². The lowest BCUT2D eigenvalue weighted by Crippen LogP contribution is -2.28. The third kappa shape index (κ3) is 2.49. The number of fused-ring (bicyclic) bond motifs is 7. The summed E-state index contributed by atoms with van der Waals surface area (Å²) >= 11 is 2.03. The third-order valence-corrected chi connectivity index (χ3v) is 7.73. The van der Waals surface area contributed by atoms with Crippen molar-refractivity contribution in [3.8, 4) is 0 Å². The van der Waals surface area contributed by atoms with Crippen molar-refractivity contribution >= 4 is 34.3 Å². The second-order valence-electron chi connectivity index (χ2n) is 8.62. The standard InChI is InChI=1S/C27H23NS/c1-27(2)26-21(19-12-7-9-15-24(19)29-27)16-23-25(26)20-13-6-8-14-22(20)28(23)17-18-10-4-3-5-11-18/h3-16,26H,17H2,1-2H3/t26-/m1/s1. The van der Waals surface area contributed by atoms with Crippen molar-refractivity contribution in [3.63, 3.8) is 0 Å². The first-order valence-electron chi connectivity index (χ1n) is 10.3. The van der Waals surface area contributed by atoms with E-state index in [0.29, 0.717) is 5.92 Å². The lowest BCUT2D eigenvalue weighted by Gasteiger charge is -2.39. The molecule has 2 aliphatic rings. The van der Waals surface area contributed by atoms with E-state index in [1.807, 2.05) is 11.8 Å². The monoisotopic (exact) mass is 393 g/mol. The van der Waals surface area contributed by atoms with Gasteiger partial charge in [-0.3, -0.25) is 0 Å². The number of para-hydroxylation sites is 1. The molecule has 1 aromatic heterocycles. The van der Waals surface area contributed by atoms with Crippen LogP contribution in [0.4, 0.5) is 0 Å². The summed E-state index contributed by atoms with van der Waals surface area (Å²) in [7, 11) is 0. The first-order valence-corrected chi connectivity index (χ1v) is 11.1. The highest BCUT2D eigenvalue weighted by Crippen LogP contribution is 2.61. The van der Waals surface area contributed by atoms with Crippen LogP contribution in [0.25, 0.3) is 22.6 Å². The summed E-state index contributed by atoms with van der Waals surface area (Å²) < 4.78 is 2.64. The number of benzene rings is 3. The summed E-state index contributed by atoms with van der Waals surface area (Å²) in [6, 6.07) is 28.7. The van der Waals surface area contributed by atoms with Gasteiger partial charge in [-0.15, -0.1) is 11.8 Å². The van der Waals surface area contributed by atoms with Crippen molar-refractivity contribution in [1.82, 2.24) is 4.57 Å². The van der Waals surface area contributed by atoms with Gasteiger partial charge >= 0.3 is 0 Å². The van der Waals surface area contributed by atoms with Crippen LogP contribution >= 0.6 is 11.8 Å². The Labute approximate surface area is 176 Å². The molecule has 29 heavy (non-hydrogen) atoms. The fourth-order valence-electron chi connectivity index (χ4n) is 5.22. The van der Waals surface area contributed by atoms with Gasteiger partial charge in [0.15, 0.2) is 0 Å². The molecule has 3 aromatic carbocycles. The Morgan fingerprint density at radius 2 is 1.59 bits per heavy atom. The normalized spacial score (nSPS) is 18.8. The lowest BCUT2D eigenvalue weighted by molar-refractivity contribution is 0.645. The van der Waals surface area contributed by atoms with Crippen LogP contribution in [-0.4, -0.2) is 9.31 Å². The van der Waals surface area contributed by atoms with Crippen LogP contribution in [0.1, 0.15) is 42.1 Å². The summed E-state index contributed by atoms with van der Waals surface area (Å²) in [5.74, 6) is 0.416. The highest BCUT2D eigenvalue weighted by Gasteiger charge is 2.45. The molecule has 0 saturated heterocycles. The van der Waals surface area contributed by atoms with E-state index in [4.69, 9.17) is 0 Å². The van der Waals surface area contributed by atoms with E-state index < -0.39 is 0 Å². The molecule has 1 aliphatic heterocycles. The minimum atomic E-state index is 0.118. The number of aromatic nitrogens is 1. The molecule has 0 bridgehead atoms. The molecule has 6 rings (SSSR count). The van der Waals surface area contributed by atoms with Crippen molar-refractivity contribution in [2.24, 2.45) is 0 Å². The molecular formula is C27H23NS. The molecule has 1 atom stereocenters. The molecule has 0 radical (unpaired) electrons. The molecule has 0 amide bonds. The molecule has 2 heterocycles. The third-order valence-electron chi connectivity index (χ3n) is 6.39. The van der Waals surface area contributed by atoms with Crippen LogP contribution in [0.3, 0.4) is 0 Å². The van der Waals surface area contributed by atoms with Gasteiger partial charge in [0, 0.05) is 38.7 Å². The maximum absolute atomic E-state index is 2.52. The van der Waals surface area contributed by atoms with Gasteiger partial charge in [-0.1, -0.05) is 66.7 Å². The van der Waals surface area contributed by atoms with Crippen LogP contribution in [0.2, 0.25) is 0 Å². The van der Waals surface area contributed by atoms with Crippen LogP contribution in [-0.2, 0) is 6.54 Å². The summed E-state index contributed by atoms with van der Waals surface area (Å²) in [5, 5.41) is 1.41. The second-order valence-corrected chi connectivity index (χ2v) is 10.3. The van der Waals surface area contributed by atoms with E-state index in [1.54, 1.807) is 0 Å². The number of rotatable bonds is 2. The molecule has 0 fully saturated rings. The molecule has 0 saturated carbocycles. The number of nitrogens with zero attached hydrogens (tertiary/aromatic N) is 1. The quantitative estimate of drug-likeness (QED) is 0.348. The highest BCUT2D eigenvalue weighted by molar-refractivity contribution is 8.00. The van der Waals surface area contributed by atoms with E-state index >= 15 is 0 Å². The molecule has 4 aromatic rings. The molecule has 0 unspecified atom stereocenters. The average Bonchev–Trinajstić information content (AvgIpc) is 3.26. The largest absolute Gasteiger partial charge is 0.336 e. The van der Waals surface area contributed by atoms with Crippen molar-refractivity contribution in [2.75, 3.05) is 0 Å². The number of hydrogen-bond donors (Lipinski definition) is 0. The number of hydrogen-bond acceptors (Lipinski definition) is 1. The Morgan fingerprint density at radius 1 is 0.862 bits per heavy atom. The maximum atomic E-state index is 2.52. The van der Waals surface area contributed by atoms with Crippen molar-refractivity contribution in [1.29, 1.82) is 0 Å². The van der Waals surface area contributed by atoms with Crippen LogP contribution in [0, 0.1) is 0 Å². The van der Waals surface area contributed by atoms with Gasteiger partial charge in [-0.2, -0.15) is 0 Å². The molecule has 2 heteroatoms. The van der Waals surface area contributed by atoms with Gasteiger partial charge in [-0.25, -0.2) is 0 Å². The highest BCUT2D eigenvalue weighted by atomic mass is 32.2. The van der Waals surface area contributed by atoms with Gasteiger partial charge in [0.05, 0.1) is 0 Å². The summed E-state index contributed by atoms with van der Waals surface area (Å²) in [4.78, 5) is 1.41. The SMILES string of the molecule is CC1(C)Sc2ccccc2C2=Cc3c(c4ccccc4n3Cc3ccccc3)[C@@H]21. The Hall–Kier alpha value is -2.71. The summed E-state index contributed by atoms with van der Waals surface area (Å²) in [6.07, 6.45) is 2.48. The first-order chi connectivity index (χ1) is 14.1. The number of thioether (sulfide) groups is 1. The Morgan fingerprint density at radius 3 is 2.45 bits per heavy atom. The zero-order chi connectivity index (χ0) is 19.6. The molecule has 0 N–H and O–H groups in total. The van der Waals surface area contributed by atoms with Crippen LogP contribution < -0.4 is 0 Å². The van der Waals surface area contributed by atoms with E-state index in [9.17, 15) is 0 Å². The Balaban J connectivity index is 1.63. The first kappa shape index (κ1) is 17.2. The minimum Gasteiger partial charge on any atom is -0.336 e. The topological polar surface area (TPSA) is 4.93 Å². The zero-order valence-electron chi connectivity index (χ0n) is 16.7. The predicted molar refractivity (Wildman–Crippen MR) is 124 cm³/mol. The Kier molecular flexibility index (Phi) is 3.64. The average molecular weight is 394 g/mol. The van der Waals surface area contributed by atoms with Crippen molar-refractivity contribution in [2.45, 2.75) is 36.0 Å². The lowest BCUT2D eigenvalue weighted by atomic mass is 9.81. The minimum absolute atomic E-state index is 0.118. The second kappa shape index (κ2) is 6.14. The zero-order valence-corrected chi connectivity index (χ0v) is 17.5. The Bertz CT molecular complexity index is 1280. The van der Waals surface area contributed by atoms with Crippen LogP contribution in [0.15, 0.2) is 83.8 Å². The molecule has 142 valence electrons. The summed E-state index contributed by atoms with van der Waals surface area (Å²) in [5.41, 5.74) is 8.49. The molecule has 1 nitrogen and oxygen atoms in total. The fraction of sp³-hybridized carbons (Fsp3) is 0.185. The number of allylic oxidation sites excluding steroid dienone is 1.